The maximum atomic E-state index is 12.7. The normalized spacial score (nSPS) is 17.1. The summed E-state index contributed by atoms with van der Waals surface area (Å²) in [6.07, 6.45) is 1.68. The summed E-state index contributed by atoms with van der Waals surface area (Å²) in [6.45, 7) is 5.65. The van der Waals surface area contributed by atoms with Crippen LogP contribution < -0.4 is 5.32 Å². The first-order valence-electron chi connectivity index (χ1n) is 9.34. The molecule has 1 saturated heterocycles. The van der Waals surface area contributed by atoms with Crippen LogP contribution in [-0.4, -0.2) is 57.6 Å². The first-order valence-corrected chi connectivity index (χ1v) is 9.34. The number of aromatic amines is 1. The van der Waals surface area contributed by atoms with Crippen molar-refractivity contribution < 1.29 is 14.0 Å². The first-order chi connectivity index (χ1) is 13.5. The van der Waals surface area contributed by atoms with Crippen LogP contribution in [0.15, 0.2) is 41.0 Å². The van der Waals surface area contributed by atoms with E-state index in [1.54, 1.807) is 22.1 Å². The van der Waals surface area contributed by atoms with Crippen molar-refractivity contribution in [1.82, 2.24) is 25.3 Å². The van der Waals surface area contributed by atoms with E-state index in [0.29, 0.717) is 31.9 Å². The zero-order chi connectivity index (χ0) is 19.7. The van der Waals surface area contributed by atoms with Gasteiger partial charge in [0.1, 0.15) is 11.3 Å². The number of piperazine rings is 1. The topological polar surface area (TPSA) is 94.5 Å². The molecule has 3 amide bonds. The minimum atomic E-state index is -0.138. The molecular formula is C20H23N5O3. The van der Waals surface area contributed by atoms with Crippen LogP contribution in [0.5, 0.6) is 0 Å². The van der Waals surface area contributed by atoms with Crippen LogP contribution in [0.3, 0.4) is 0 Å². The van der Waals surface area contributed by atoms with Crippen LogP contribution in [0.25, 0.3) is 11.0 Å². The van der Waals surface area contributed by atoms with Crippen LogP contribution >= 0.6 is 0 Å². The van der Waals surface area contributed by atoms with Gasteiger partial charge in [0.2, 0.25) is 0 Å². The van der Waals surface area contributed by atoms with Gasteiger partial charge in [-0.25, -0.2) is 4.79 Å². The number of hydrogen-bond acceptors (Lipinski definition) is 4. The summed E-state index contributed by atoms with van der Waals surface area (Å²) >= 11 is 0. The molecule has 2 aromatic heterocycles. The maximum Gasteiger partial charge on any atom is 0.318 e. The van der Waals surface area contributed by atoms with Crippen molar-refractivity contribution in [3.8, 4) is 0 Å². The lowest BCUT2D eigenvalue weighted by Gasteiger charge is -2.39. The smallest absolute Gasteiger partial charge is 0.318 e. The summed E-state index contributed by atoms with van der Waals surface area (Å²) in [5.74, 6) is -0.110. The number of rotatable bonds is 3. The fourth-order valence-electron chi connectivity index (χ4n) is 3.58. The van der Waals surface area contributed by atoms with E-state index < -0.39 is 0 Å². The number of hydrogen-bond donors (Lipinski definition) is 2. The largest absolute Gasteiger partial charge is 0.464 e. The molecule has 4 rings (SSSR count). The maximum absolute atomic E-state index is 12.7. The molecule has 0 unspecified atom stereocenters. The Kier molecular flexibility index (Phi) is 4.77. The Labute approximate surface area is 162 Å². The highest BCUT2D eigenvalue weighted by molar-refractivity contribution is 5.92. The van der Waals surface area contributed by atoms with Crippen molar-refractivity contribution >= 4 is 22.9 Å². The molecule has 0 spiro atoms. The highest BCUT2D eigenvalue weighted by atomic mass is 16.3. The molecule has 1 aliphatic heterocycles. The predicted molar refractivity (Wildman–Crippen MR) is 104 cm³/mol. The van der Waals surface area contributed by atoms with Gasteiger partial charge in [0.05, 0.1) is 6.26 Å². The van der Waals surface area contributed by atoms with Gasteiger partial charge in [-0.3, -0.25) is 9.89 Å². The molecule has 3 heterocycles. The number of nitrogens with one attached hydrogen (secondary N) is 2. The highest BCUT2D eigenvalue weighted by Gasteiger charge is 2.31. The Hall–Kier alpha value is -3.29. The van der Waals surface area contributed by atoms with E-state index in [9.17, 15) is 9.59 Å². The van der Waals surface area contributed by atoms with Crippen molar-refractivity contribution in [3.05, 3.63) is 53.5 Å². The van der Waals surface area contributed by atoms with E-state index in [4.69, 9.17) is 4.42 Å². The number of furan rings is 1. The van der Waals surface area contributed by atoms with Crippen molar-refractivity contribution in [2.75, 3.05) is 19.6 Å². The molecule has 0 aliphatic carbocycles. The molecule has 0 radical (unpaired) electrons. The van der Waals surface area contributed by atoms with Gasteiger partial charge in [-0.1, -0.05) is 18.2 Å². The molecule has 1 aliphatic rings. The molecule has 146 valence electrons. The highest BCUT2D eigenvalue weighted by Crippen LogP contribution is 2.20. The summed E-state index contributed by atoms with van der Waals surface area (Å²) in [4.78, 5) is 28.7. The number of aromatic nitrogens is 2. The molecule has 1 atom stereocenters. The zero-order valence-electron chi connectivity index (χ0n) is 15.9. The van der Waals surface area contributed by atoms with Gasteiger partial charge in [-0.15, -0.1) is 0 Å². The van der Waals surface area contributed by atoms with E-state index in [1.807, 2.05) is 38.1 Å². The lowest BCUT2D eigenvalue weighted by atomic mass is 10.1. The molecule has 1 fully saturated rings. The summed E-state index contributed by atoms with van der Waals surface area (Å²) in [5.41, 5.74) is 3.01. The SMILES string of the molecule is Cc1cc(C(=O)N2CCN(C(=O)NCc3coc4ccccc34)[C@H](C)C2)n[nH]1. The van der Waals surface area contributed by atoms with Crippen molar-refractivity contribution in [1.29, 1.82) is 0 Å². The van der Waals surface area contributed by atoms with Crippen LogP contribution in [0.2, 0.25) is 0 Å². The number of carbonyl (C=O) groups is 2. The second-order valence-electron chi connectivity index (χ2n) is 7.15. The third-order valence-electron chi connectivity index (χ3n) is 5.09. The molecule has 1 aromatic carbocycles. The Morgan fingerprint density at radius 1 is 1.32 bits per heavy atom. The van der Waals surface area contributed by atoms with Crippen molar-refractivity contribution in [2.24, 2.45) is 0 Å². The second kappa shape index (κ2) is 7.38. The standard InChI is InChI=1S/C20H23N5O3/c1-13-9-17(23-22-13)19(26)24-7-8-25(14(2)11-24)20(27)21-10-15-12-28-18-6-4-3-5-16(15)18/h3-6,9,12,14H,7-8,10-11H2,1-2H3,(H,21,27)(H,22,23)/t14-/m1/s1. The molecule has 0 saturated carbocycles. The third kappa shape index (κ3) is 3.45. The second-order valence-corrected chi connectivity index (χ2v) is 7.15. The number of carbonyl (C=O) groups excluding carboxylic acids is 2. The number of H-pyrrole nitrogens is 1. The lowest BCUT2D eigenvalue weighted by molar-refractivity contribution is 0.0574. The average molecular weight is 381 g/mol. The van der Waals surface area contributed by atoms with Gasteiger partial charge < -0.3 is 19.5 Å². The molecular weight excluding hydrogens is 358 g/mol. The third-order valence-corrected chi connectivity index (χ3v) is 5.09. The van der Waals surface area contributed by atoms with Crippen molar-refractivity contribution in [2.45, 2.75) is 26.4 Å². The van der Waals surface area contributed by atoms with Gasteiger partial charge in [0.15, 0.2) is 0 Å². The number of para-hydroxylation sites is 1. The predicted octanol–water partition coefficient (Wildman–Crippen LogP) is 2.52. The molecule has 28 heavy (non-hydrogen) atoms. The number of nitrogens with zero attached hydrogens (tertiary/aromatic N) is 3. The molecule has 8 heteroatoms. The molecule has 3 aromatic rings. The van der Waals surface area contributed by atoms with Crippen LogP contribution in [-0.2, 0) is 6.54 Å². The van der Waals surface area contributed by atoms with E-state index in [-0.39, 0.29) is 18.0 Å². The Bertz CT molecular complexity index is 1010. The summed E-state index contributed by atoms with van der Waals surface area (Å²) < 4.78 is 5.51. The minimum Gasteiger partial charge on any atom is -0.464 e. The Morgan fingerprint density at radius 3 is 2.89 bits per heavy atom. The minimum absolute atomic E-state index is 0.0844. The fourth-order valence-corrected chi connectivity index (χ4v) is 3.58. The van der Waals surface area contributed by atoms with Gasteiger partial charge in [0.25, 0.3) is 5.91 Å². The summed E-state index contributed by atoms with van der Waals surface area (Å²) in [7, 11) is 0. The zero-order valence-corrected chi connectivity index (χ0v) is 15.9. The quantitative estimate of drug-likeness (QED) is 0.729. The van der Waals surface area contributed by atoms with Crippen LogP contribution in [0.1, 0.15) is 28.7 Å². The Morgan fingerprint density at radius 2 is 2.14 bits per heavy atom. The number of amides is 3. The van der Waals surface area contributed by atoms with E-state index in [1.165, 1.54) is 0 Å². The number of aryl methyl sites for hydroxylation is 1. The lowest BCUT2D eigenvalue weighted by Crippen LogP contribution is -2.57. The Balaban J connectivity index is 1.35. The van der Waals surface area contributed by atoms with Crippen LogP contribution in [0.4, 0.5) is 4.79 Å². The van der Waals surface area contributed by atoms with E-state index in [2.05, 4.69) is 15.5 Å². The van der Waals surface area contributed by atoms with Gasteiger partial charge in [-0.05, 0) is 26.0 Å². The molecule has 8 nitrogen and oxygen atoms in total. The van der Waals surface area contributed by atoms with E-state index >= 15 is 0 Å². The summed E-state index contributed by atoms with van der Waals surface area (Å²) in [5, 5.41) is 10.8. The van der Waals surface area contributed by atoms with Crippen molar-refractivity contribution in [3.63, 3.8) is 0 Å². The number of fused-ring (bicyclic) bond motifs is 1. The van der Waals surface area contributed by atoms with Gasteiger partial charge in [-0.2, -0.15) is 5.10 Å². The van der Waals surface area contributed by atoms with E-state index in [0.717, 1.165) is 22.2 Å². The molecule has 0 bridgehead atoms. The first kappa shape index (κ1) is 18.1. The van der Waals surface area contributed by atoms with Gasteiger partial charge >= 0.3 is 6.03 Å². The van der Waals surface area contributed by atoms with Gasteiger partial charge in [0, 0.05) is 48.9 Å². The molecule has 2 N–H and O–H groups in total. The summed E-state index contributed by atoms with van der Waals surface area (Å²) in [6, 6.07) is 9.26. The monoisotopic (exact) mass is 381 g/mol. The average Bonchev–Trinajstić information content (AvgIpc) is 3.31. The fraction of sp³-hybridized carbons (Fsp3) is 0.350. The van der Waals surface area contributed by atoms with Crippen LogP contribution in [0, 0.1) is 6.92 Å². The number of urea groups is 1. The number of benzene rings is 1.